The molecule has 0 saturated carbocycles. The van der Waals surface area contributed by atoms with Gasteiger partial charge in [0.1, 0.15) is 28.8 Å². The summed E-state index contributed by atoms with van der Waals surface area (Å²) in [5.74, 6) is 1.60. The highest BCUT2D eigenvalue weighted by molar-refractivity contribution is 7.98. The Labute approximate surface area is 171 Å². The van der Waals surface area contributed by atoms with Crippen LogP contribution in [0.5, 0.6) is 5.75 Å². The summed E-state index contributed by atoms with van der Waals surface area (Å²) in [5.41, 5.74) is 1.72. The number of nitrogens with zero attached hydrogens (tertiary/aromatic N) is 3. The van der Waals surface area contributed by atoms with Gasteiger partial charge >= 0.3 is 5.63 Å². The number of aryl methyl sites for hydroxylation is 1. The van der Waals surface area contributed by atoms with E-state index in [-0.39, 0.29) is 17.4 Å². The van der Waals surface area contributed by atoms with E-state index in [1.54, 1.807) is 36.0 Å². The van der Waals surface area contributed by atoms with Crippen molar-refractivity contribution in [1.29, 1.82) is 0 Å². The van der Waals surface area contributed by atoms with Crippen LogP contribution in [0.2, 0.25) is 0 Å². The number of aliphatic imine (C=N–C) groups is 1. The summed E-state index contributed by atoms with van der Waals surface area (Å²) in [7, 11) is 1.97. The third-order valence-electron chi connectivity index (χ3n) is 4.92. The molecular formula is C22H21N3O3S. The molecule has 0 aliphatic heterocycles. The number of aromatic hydroxyl groups is 1. The number of hydrogen-bond donors (Lipinski definition) is 1. The summed E-state index contributed by atoms with van der Waals surface area (Å²) in [5, 5.41) is 11.1. The maximum absolute atomic E-state index is 12.4. The molecule has 4 aromatic rings. The van der Waals surface area contributed by atoms with Crippen molar-refractivity contribution in [2.24, 2.45) is 12.0 Å². The molecule has 0 aliphatic carbocycles. The van der Waals surface area contributed by atoms with Crippen LogP contribution in [-0.4, -0.2) is 32.9 Å². The van der Waals surface area contributed by atoms with Crippen LogP contribution < -0.4 is 5.63 Å². The van der Waals surface area contributed by atoms with Crippen LogP contribution in [0.25, 0.3) is 22.0 Å². The number of hydrogen-bond acceptors (Lipinski definition) is 6. The van der Waals surface area contributed by atoms with Crippen LogP contribution in [0.1, 0.15) is 23.9 Å². The van der Waals surface area contributed by atoms with Gasteiger partial charge in [-0.3, -0.25) is 4.99 Å². The molecule has 4 rings (SSSR count). The van der Waals surface area contributed by atoms with Crippen molar-refractivity contribution < 1.29 is 9.52 Å². The number of aromatic nitrogens is 2. The van der Waals surface area contributed by atoms with Crippen LogP contribution in [-0.2, 0) is 7.05 Å². The van der Waals surface area contributed by atoms with E-state index >= 15 is 0 Å². The lowest BCUT2D eigenvalue weighted by Gasteiger charge is -2.12. The number of benzene rings is 2. The summed E-state index contributed by atoms with van der Waals surface area (Å²) < 4.78 is 7.36. The fraction of sp³-hybridized carbons (Fsp3) is 0.227. The lowest BCUT2D eigenvalue weighted by Crippen LogP contribution is -2.10. The van der Waals surface area contributed by atoms with Gasteiger partial charge in [-0.1, -0.05) is 24.3 Å². The van der Waals surface area contributed by atoms with Crippen molar-refractivity contribution in [1.82, 2.24) is 9.55 Å². The van der Waals surface area contributed by atoms with E-state index in [1.165, 1.54) is 6.21 Å². The zero-order valence-corrected chi connectivity index (χ0v) is 17.0. The maximum atomic E-state index is 12.4. The average molecular weight is 407 g/mol. The fourth-order valence-corrected chi connectivity index (χ4v) is 3.85. The minimum Gasteiger partial charge on any atom is -0.506 e. The molecule has 0 spiro atoms. The van der Waals surface area contributed by atoms with Crippen molar-refractivity contribution in [2.45, 2.75) is 12.5 Å². The molecule has 0 fully saturated rings. The number of fused-ring (bicyclic) bond motifs is 2. The SMILES string of the molecule is CSCC[C@H](N=Cc1c(O)c2ccccc2oc1=O)c1nc2ccccc2n1C. The molecule has 0 amide bonds. The third kappa shape index (κ3) is 3.65. The number of imidazole rings is 1. The first-order chi connectivity index (χ1) is 14.1. The molecule has 2 heterocycles. The summed E-state index contributed by atoms with van der Waals surface area (Å²) in [4.78, 5) is 21.8. The van der Waals surface area contributed by atoms with Crippen molar-refractivity contribution in [3.63, 3.8) is 0 Å². The summed E-state index contributed by atoms with van der Waals surface area (Å²) in [6.07, 6.45) is 4.21. The van der Waals surface area contributed by atoms with Crippen LogP contribution in [0.4, 0.5) is 0 Å². The van der Waals surface area contributed by atoms with Crippen LogP contribution in [0.3, 0.4) is 0 Å². The fourth-order valence-electron chi connectivity index (χ4n) is 3.39. The average Bonchev–Trinajstić information content (AvgIpc) is 3.07. The number of thioether (sulfide) groups is 1. The highest BCUT2D eigenvalue weighted by atomic mass is 32.2. The Morgan fingerprint density at radius 1 is 1.24 bits per heavy atom. The molecule has 1 N–H and O–H groups in total. The Morgan fingerprint density at radius 3 is 2.79 bits per heavy atom. The van der Waals surface area contributed by atoms with Crippen molar-refractivity contribution >= 4 is 40.0 Å². The normalized spacial score (nSPS) is 12.9. The largest absolute Gasteiger partial charge is 0.506 e. The van der Waals surface area contributed by atoms with E-state index in [0.29, 0.717) is 11.0 Å². The van der Waals surface area contributed by atoms with Gasteiger partial charge in [-0.15, -0.1) is 0 Å². The van der Waals surface area contributed by atoms with Gasteiger partial charge in [0.25, 0.3) is 0 Å². The number of rotatable bonds is 6. The molecule has 148 valence electrons. The van der Waals surface area contributed by atoms with Crippen molar-refractivity contribution in [2.75, 3.05) is 12.0 Å². The zero-order valence-electron chi connectivity index (χ0n) is 16.2. The van der Waals surface area contributed by atoms with Gasteiger partial charge in [0.05, 0.1) is 16.4 Å². The second kappa shape index (κ2) is 8.13. The molecule has 2 aromatic heterocycles. The second-order valence-electron chi connectivity index (χ2n) is 6.74. The molecule has 0 radical (unpaired) electrons. The van der Waals surface area contributed by atoms with Gasteiger partial charge in [0, 0.05) is 13.3 Å². The van der Waals surface area contributed by atoms with Gasteiger partial charge in [0.2, 0.25) is 0 Å². The van der Waals surface area contributed by atoms with Gasteiger partial charge in [-0.2, -0.15) is 11.8 Å². The Bertz CT molecular complexity index is 1260. The van der Waals surface area contributed by atoms with Crippen molar-refractivity contribution in [3.05, 3.63) is 70.3 Å². The van der Waals surface area contributed by atoms with Crippen LogP contribution in [0.15, 0.2) is 62.7 Å². The molecule has 1 atom stereocenters. The highest BCUT2D eigenvalue weighted by Gasteiger charge is 2.18. The predicted octanol–water partition coefficient (Wildman–Crippen LogP) is 4.30. The lowest BCUT2D eigenvalue weighted by molar-refractivity contribution is 0.466. The van der Waals surface area contributed by atoms with E-state index in [0.717, 1.165) is 29.0 Å². The summed E-state index contributed by atoms with van der Waals surface area (Å²) in [6, 6.07) is 14.6. The monoisotopic (exact) mass is 407 g/mol. The molecular weight excluding hydrogens is 386 g/mol. The minimum atomic E-state index is -0.612. The van der Waals surface area contributed by atoms with E-state index in [2.05, 4.69) is 4.99 Å². The molecule has 0 unspecified atom stereocenters. The quantitative estimate of drug-likeness (QED) is 0.381. The van der Waals surface area contributed by atoms with Gasteiger partial charge in [0.15, 0.2) is 0 Å². The molecule has 0 bridgehead atoms. The summed E-state index contributed by atoms with van der Waals surface area (Å²) >= 11 is 1.73. The Hall–Kier alpha value is -3.06. The zero-order chi connectivity index (χ0) is 20.4. The Balaban J connectivity index is 1.77. The highest BCUT2D eigenvalue weighted by Crippen LogP contribution is 2.28. The van der Waals surface area contributed by atoms with E-state index in [4.69, 9.17) is 9.40 Å². The predicted molar refractivity (Wildman–Crippen MR) is 118 cm³/mol. The smallest absolute Gasteiger partial charge is 0.348 e. The Morgan fingerprint density at radius 2 is 2.00 bits per heavy atom. The van der Waals surface area contributed by atoms with Gasteiger partial charge in [-0.05, 0) is 42.7 Å². The van der Waals surface area contributed by atoms with E-state index < -0.39 is 5.63 Å². The molecule has 0 saturated heterocycles. The van der Waals surface area contributed by atoms with Crippen LogP contribution in [0, 0.1) is 0 Å². The molecule has 2 aromatic carbocycles. The third-order valence-corrected chi connectivity index (χ3v) is 5.56. The van der Waals surface area contributed by atoms with Crippen LogP contribution >= 0.6 is 11.8 Å². The van der Waals surface area contributed by atoms with E-state index in [1.807, 2.05) is 42.1 Å². The molecule has 29 heavy (non-hydrogen) atoms. The Kier molecular flexibility index (Phi) is 5.40. The molecule has 7 heteroatoms. The number of para-hydroxylation sites is 3. The standard InChI is InChI=1S/C22H21N3O3S/c1-25-18-9-5-4-8-16(18)24-21(25)17(11-12-29-2)23-13-15-20(26)14-7-3-6-10-19(14)28-22(15)27/h3-10,13,17,26H,11-12H2,1-2H3/t17-/m0/s1. The minimum absolute atomic E-state index is 0.0524. The topological polar surface area (TPSA) is 80.6 Å². The lowest BCUT2D eigenvalue weighted by atomic mass is 10.1. The van der Waals surface area contributed by atoms with E-state index in [9.17, 15) is 9.90 Å². The van der Waals surface area contributed by atoms with Gasteiger partial charge < -0.3 is 14.1 Å². The molecule has 6 nitrogen and oxygen atoms in total. The van der Waals surface area contributed by atoms with Gasteiger partial charge in [-0.25, -0.2) is 9.78 Å². The molecule has 0 aliphatic rings. The summed E-state index contributed by atoms with van der Waals surface area (Å²) in [6.45, 7) is 0. The first-order valence-electron chi connectivity index (χ1n) is 9.28. The maximum Gasteiger partial charge on any atom is 0.348 e. The first kappa shape index (κ1) is 19.3. The second-order valence-corrected chi connectivity index (χ2v) is 7.73. The van der Waals surface area contributed by atoms with Crippen molar-refractivity contribution in [3.8, 4) is 5.75 Å². The first-order valence-corrected chi connectivity index (χ1v) is 10.7.